The van der Waals surface area contributed by atoms with E-state index < -0.39 is 12.1 Å². The topological polar surface area (TPSA) is 95.9 Å². The molecule has 0 aromatic rings. The summed E-state index contributed by atoms with van der Waals surface area (Å²) in [4.78, 5) is 24.6. The summed E-state index contributed by atoms with van der Waals surface area (Å²) in [6.07, 6.45) is 83.6. The zero-order valence-electron chi connectivity index (χ0n) is 52.2. The molecule has 0 rings (SSSR count). The fraction of sp³-hybridized carbons (Fsp3) is 0.915. The highest BCUT2D eigenvalue weighted by atomic mass is 16.5. The van der Waals surface area contributed by atoms with Gasteiger partial charge in [0.2, 0.25) is 5.91 Å². The summed E-state index contributed by atoms with van der Waals surface area (Å²) in [5, 5.41) is 23.4. The molecule has 3 N–H and O–H groups in total. The van der Waals surface area contributed by atoms with Gasteiger partial charge in [0.1, 0.15) is 0 Å². The highest BCUT2D eigenvalue weighted by molar-refractivity contribution is 5.76. The molecule has 0 aromatic heterocycles. The fourth-order valence-corrected chi connectivity index (χ4v) is 11.1. The molecule has 0 aliphatic heterocycles. The normalized spacial score (nSPS) is 12.6. The average molecular weight is 1080 g/mol. The van der Waals surface area contributed by atoms with Crippen molar-refractivity contribution in [3.05, 3.63) is 24.3 Å². The Morgan fingerprint density at radius 3 is 1.01 bits per heavy atom. The highest BCUT2D eigenvalue weighted by Gasteiger charge is 2.20. The summed E-state index contributed by atoms with van der Waals surface area (Å²) in [6, 6.07) is -0.542. The summed E-state index contributed by atoms with van der Waals surface area (Å²) in [7, 11) is 0. The predicted octanol–water partition coefficient (Wildman–Crippen LogP) is 22.5. The molecule has 0 bridgehead atoms. The molecule has 0 aliphatic carbocycles. The van der Waals surface area contributed by atoms with Gasteiger partial charge in [-0.3, -0.25) is 9.59 Å². The lowest BCUT2D eigenvalue weighted by Gasteiger charge is -2.22. The van der Waals surface area contributed by atoms with Crippen molar-refractivity contribution in [2.75, 3.05) is 13.2 Å². The van der Waals surface area contributed by atoms with Gasteiger partial charge in [-0.05, 0) is 57.8 Å². The van der Waals surface area contributed by atoms with Crippen molar-refractivity contribution >= 4 is 11.9 Å². The monoisotopic (exact) mass is 1080 g/mol. The molecule has 0 radical (unpaired) electrons. The minimum absolute atomic E-state index is 0.00229. The number of carbonyl (C=O) groups is 2. The van der Waals surface area contributed by atoms with E-state index in [1.165, 1.54) is 308 Å². The zero-order valence-corrected chi connectivity index (χ0v) is 52.2. The van der Waals surface area contributed by atoms with Crippen molar-refractivity contribution in [2.24, 2.45) is 0 Å². The van der Waals surface area contributed by atoms with Gasteiger partial charge >= 0.3 is 5.97 Å². The van der Waals surface area contributed by atoms with Crippen molar-refractivity contribution in [1.82, 2.24) is 5.32 Å². The number of ether oxygens (including phenoxy) is 1. The first-order valence-electron chi connectivity index (χ1n) is 35.1. The van der Waals surface area contributed by atoms with Crippen LogP contribution in [-0.4, -0.2) is 47.4 Å². The van der Waals surface area contributed by atoms with E-state index in [2.05, 4.69) is 43.5 Å². The van der Waals surface area contributed by atoms with Crippen molar-refractivity contribution in [1.29, 1.82) is 0 Å². The molecule has 2 atom stereocenters. The van der Waals surface area contributed by atoms with Crippen LogP contribution in [0.4, 0.5) is 0 Å². The minimum atomic E-state index is -0.665. The summed E-state index contributed by atoms with van der Waals surface area (Å²) in [5.41, 5.74) is 0. The molecule has 0 saturated carbocycles. The van der Waals surface area contributed by atoms with Gasteiger partial charge in [0.25, 0.3) is 0 Å². The molecule has 6 heteroatoms. The number of amides is 1. The Balaban J connectivity index is 3.37. The quantitative estimate of drug-likeness (QED) is 0.0320. The average Bonchev–Trinajstić information content (AvgIpc) is 3.43. The summed E-state index contributed by atoms with van der Waals surface area (Å²) in [6.45, 7) is 4.96. The van der Waals surface area contributed by atoms with E-state index in [9.17, 15) is 19.8 Å². The predicted molar refractivity (Wildman–Crippen MR) is 338 cm³/mol. The number of allylic oxidation sites excluding steroid dienone is 4. The Bertz CT molecular complexity index is 1200. The number of hydrogen-bond donors (Lipinski definition) is 3. The zero-order chi connectivity index (χ0) is 55.7. The van der Waals surface area contributed by atoms with Crippen LogP contribution >= 0.6 is 0 Å². The van der Waals surface area contributed by atoms with E-state index in [1.807, 2.05) is 0 Å². The first-order valence-corrected chi connectivity index (χ1v) is 35.1. The molecular formula is C71H137NO5. The molecule has 2 unspecified atom stereocenters. The van der Waals surface area contributed by atoms with Gasteiger partial charge in [0.15, 0.2) is 0 Å². The number of rotatable bonds is 66. The second-order valence-corrected chi connectivity index (χ2v) is 24.2. The van der Waals surface area contributed by atoms with E-state index in [-0.39, 0.29) is 18.5 Å². The van der Waals surface area contributed by atoms with Crippen LogP contribution in [0.2, 0.25) is 0 Å². The summed E-state index contributed by atoms with van der Waals surface area (Å²) < 4.78 is 5.49. The Morgan fingerprint density at radius 2 is 0.649 bits per heavy atom. The summed E-state index contributed by atoms with van der Waals surface area (Å²) >= 11 is 0. The van der Waals surface area contributed by atoms with Crippen molar-refractivity contribution < 1.29 is 24.5 Å². The Morgan fingerprint density at radius 1 is 0.364 bits per heavy atom. The first kappa shape index (κ1) is 75.3. The lowest BCUT2D eigenvalue weighted by Crippen LogP contribution is -2.45. The third-order valence-corrected chi connectivity index (χ3v) is 16.5. The number of unbranched alkanes of at least 4 members (excludes halogenated alkanes) is 51. The lowest BCUT2D eigenvalue weighted by molar-refractivity contribution is -0.143. The Hall–Kier alpha value is -1.66. The van der Waals surface area contributed by atoms with Crippen LogP contribution in [0.5, 0.6) is 0 Å². The smallest absolute Gasteiger partial charge is 0.305 e. The number of esters is 1. The Kier molecular flexibility index (Phi) is 65.4. The van der Waals surface area contributed by atoms with Crippen LogP contribution in [-0.2, 0) is 14.3 Å². The molecule has 0 saturated heterocycles. The van der Waals surface area contributed by atoms with Crippen molar-refractivity contribution in [3.8, 4) is 0 Å². The number of aliphatic hydroxyl groups is 2. The van der Waals surface area contributed by atoms with Gasteiger partial charge in [-0.2, -0.15) is 0 Å². The molecule has 77 heavy (non-hydrogen) atoms. The second-order valence-electron chi connectivity index (χ2n) is 24.2. The van der Waals surface area contributed by atoms with Gasteiger partial charge in [-0.25, -0.2) is 0 Å². The van der Waals surface area contributed by atoms with Gasteiger partial charge in [-0.1, -0.05) is 346 Å². The van der Waals surface area contributed by atoms with Crippen molar-refractivity contribution in [2.45, 2.75) is 405 Å². The van der Waals surface area contributed by atoms with Gasteiger partial charge < -0.3 is 20.3 Å². The molecule has 0 aliphatic rings. The third-order valence-electron chi connectivity index (χ3n) is 16.5. The van der Waals surface area contributed by atoms with Crippen LogP contribution < -0.4 is 5.32 Å². The van der Waals surface area contributed by atoms with Crippen LogP contribution in [0.15, 0.2) is 24.3 Å². The molecule has 0 fully saturated rings. The van der Waals surface area contributed by atoms with Crippen LogP contribution in [0.25, 0.3) is 0 Å². The Labute approximate surface area is 481 Å². The van der Waals surface area contributed by atoms with E-state index >= 15 is 0 Å². The molecule has 0 spiro atoms. The third kappa shape index (κ3) is 63.4. The standard InChI is InChI=1S/C71H137NO5/c1-3-5-7-9-11-13-15-17-19-20-21-26-29-32-36-39-43-47-51-55-59-63-69(74)68(67-73)72-70(75)64-60-56-52-48-44-40-37-33-30-27-24-22-23-25-28-31-34-38-42-46-50-54-58-62-66-77-71(76)65-61-57-53-49-45-41-35-18-16-14-12-10-8-6-4-2/h12,14,18,35,68-69,73-74H,3-11,13,15-17,19-34,36-67H2,1-2H3,(H,72,75)/b14-12-,35-18-. The minimum Gasteiger partial charge on any atom is -0.466 e. The number of hydrogen-bond acceptors (Lipinski definition) is 5. The number of nitrogens with one attached hydrogen (secondary N) is 1. The molecule has 456 valence electrons. The highest BCUT2D eigenvalue weighted by Crippen LogP contribution is 2.19. The number of aliphatic hydroxyl groups excluding tert-OH is 2. The van der Waals surface area contributed by atoms with Gasteiger partial charge in [0, 0.05) is 12.8 Å². The first-order chi connectivity index (χ1) is 38.0. The molecular weight excluding hydrogens is 947 g/mol. The fourth-order valence-electron chi connectivity index (χ4n) is 11.1. The van der Waals surface area contributed by atoms with Crippen LogP contribution in [0, 0.1) is 0 Å². The van der Waals surface area contributed by atoms with Crippen molar-refractivity contribution in [3.63, 3.8) is 0 Å². The maximum Gasteiger partial charge on any atom is 0.305 e. The molecule has 1 amide bonds. The van der Waals surface area contributed by atoms with Crippen LogP contribution in [0.1, 0.15) is 393 Å². The molecule has 0 heterocycles. The molecule has 6 nitrogen and oxygen atoms in total. The van der Waals surface area contributed by atoms with Gasteiger partial charge in [-0.15, -0.1) is 0 Å². The largest absolute Gasteiger partial charge is 0.466 e. The van der Waals surface area contributed by atoms with Gasteiger partial charge in [0.05, 0.1) is 25.4 Å². The molecule has 0 aromatic carbocycles. The maximum absolute atomic E-state index is 12.5. The maximum atomic E-state index is 12.5. The van der Waals surface area contributed by atoms with E-state index in [0.29, 0.717) is 25.9 Å². The SMILES string of the molecule is CCCCC/C=C\C/C=C\CCCCCCCC(=O)OCCCCCCCCCCCCCCCCCCCCCCCCCCC(=O)NC(CO)C(O)CCCCCCCCCCCCCCCCCCCCCCC. The van der Waals surface area contributed by atoms with E-state index in [4.69, 9.17) is 4.74 Å². The van der Waals surface area contributed by atoms with Crippen LogP contribution in [0.3, 0.4) is 0 Å². The lowest BCUT2D eigenvalue weighted by atomic mass is 10.0. The second kappa shape index (κ2) is 66.8. The summed E-state index contributed by atoms with van der Waals surface area (Å²) in [5.74, 6) is -0.0273. The van der Waals surface area contributed by atoms with E-state index in [1.54, 1.807) is 0 Å². The number of carbonyl (C=O) groups excluding carboxylic acids is 2. The van der Waals surface area contributed by atoms with E-state index in [0.717, 1.165) is 51.4 Å².